The zero-order chi connectivity index (χ0) is 17.7. The largest absolute Gasteiger partial charge is 0.449 e. The summed E-state index contributed by atoms with van der Waals surface area (Å²) in [6, 6.07) is 10.8. The van der Waals surface area contributed by atoms with Gasteiger partial charge in [-0.3, -0.25) is 4.79 Å². The molecule has 0 bridgehead atoms. The number of amides is 1. The monoisotopic (exact) mass is 367 g/mol. The van der Waals surface area contributed by atoms with Crippen LogP contribution in [0.4, 0.5) is 10.1 Å². The minimum absolute atomic E-state index is 0.105. The molecule has 0 unspecified atom stereocenters. The van der Waals surface area contributed by atoms with Gasteiger partial charge in [-0.1, -0.05) is 23.7 Å². The van der Waals surface area contributed by atoms with Crippen molar-refractivity contribution in [3.05, 3.63) is 58.9 Å². The quantitative estimate of drug-likeness (QED) is 0.629. The van der Waals surface area contributed by atoms with Crippen LogP contribution < -0.4 is 5.32 Å². The van der Waals surface area contributed by atoms with Crippen molar-refractivity contribution in [2.24, 2.45) is 0 Å². The lowest BCUT2D eigenvalue weighted by molar-refractivity contribution is -0.123. The van der Waals surface area contributed by atoms with Gasteiger partial charge in [-0.15, -0.1) is 11.8 Å². The Morgan fingerprint density at radius 2 is 1.96 bits per heavy atom. The van der Waals surface area contributed by atoms with E-state index in [0.717, 1.165) is 11.0 Å². The van der Waals surface area contributed by atoms with Gasteiger partial charge in [-0.25, -0.2) is 9.18 Å². The average molecular weight is 368 g/mol. The van der Waals surface area contributed by atoms with E-state index in [0.29, 0.717) is 11.3 Å². The van der Waals surface area contributed by atoms with Crippen LogP contribution in [0.5, 0.6) is 0 Å². The van der Waals surface area contributed by atoms with Gasteiger partial charge in [0.2, 0.25) is 0 Å². The fourth-order valence-corrected chi connectivity index (χ4v) is 2.68. The summed E-state index contributed by atoms with van der Waals surface area (Å²) in [5, 5.41) is 2.42. The molecule has 0 aliphatic heterocycles. The molecule has 0 heterocycles. The number of anilines is 1. The van der Waals surface area contributed by atoms with Crippen LogP contribution in [-0.2, 0) is 9.53 Å². The van der Waals surface area contributed by atoms with Crippen molar-refractivity contribution in [3.8, 4) is 0 Å². The van der Waals surface area contributed by atoms with E-state index in [9.17, 15) is 14.0 Å². The van der Waals surface area contributed by atoms with Gasteiger partial charge in [0.25, 0.3) is 5.91 Å². The third kappa shape index (κ3) is 4.49. The molecule has 7 heteroatoms. The summed E-state index contributed by atoms with van der Waals surface area (Å²) in [5.41, 5.74) is 0.716. The first-order chi connectivity index (χ1) is 11.4. The summed E-state index contributed by atoms with van der Waals surface area (Å²) in [6.07, 6.45) is 0.830. The van der Waals surface area contributed by atoms with Gasteiger partial charge < -0.3 is 10.1 Å². The van der Waals surface area contributed by atoms with Crippen molar-refractivity contribution in [3.63, 3.8) is 0 Å². The second kappa shape index (κ2) is 8.17. The molecule has 2 rings (SSSR count). The normalized spacial score (nSPS) is 11.7. The molecule has 126 valence electrons. The molecule has 4 nitrogen and oxygen atoms in total. The van der Waals surface area contributed by atoms with Crippen molar-refractivity contribution in [1.29, 1.82) is 0 Å². The fraction of sp³-hybridized carbons (Fsp3) is 0.176. The van der Waals surface area contributed by atoms with Gasteiger partial charge in [0.1, 0.15) is 5.82 Å². The number of rotatable bonds is 5. The van der Waals surface area contributed by atoms with Crippen LogP contribution in [0.3, 0.4) is 0 Å². The number of ether oxygens (including phenoxy) is 1. The predicted molar refractivity (Wildman–Crippen MR) is 93.1 cm³/mol. The first-order valence-corrected chi connectivity index (χ1v) is 8.62. The molecular formula is C17H15ClFNO3S. The van der Waals surface area contributed by atoms with Gasteiger partial charge in [0, 0.05) is 10.6 Å². The lowest BCUT2D eigenvalue weighted by Crippen LogP contribution is -2.30. The molecule has 2 aromatic rings. The maximum absolute atomic E-state index is 13.1. The lowest BCUT2D eigenvalue weighted by atomic mass is 10.2. The van der Waals surface area contributed by atoms with Gasteiger partial charge in [-0.2, -0.15) is 0 Å². The Morgan fingerprint density at radius 3 is 2.62 bits per heavy atom. The Labute approximate surface area is 148 Å². The minimum Gasteiger partial charge on any atom is -0.449 e. The summed E-state index contributed by atoms with van der Waals surface area (Å²) >= 11 is 7.07. The minimum atomic E-state index is -1.02. The second-order valence-corrected chi connectivity index (χ2v) is 6.12. The fourth-order valence-electron chi connectivity index (χ4n) is 1.91. The molecule has 0 saturated heterocycles. The molecule has 0 saturated carbocycles. The van der Waals surface area contributed by atoms with Gasteiger partial charge in [0.05, 0.1) is 10.6 Å². The van der Waals surface area contributed by atoms with Gasteiger partial charge in [0.15, 0.2) is 6.10 Å². The van der Waals surface area contributed by atoms with E-state index in [1.54, 1.807) is 18.2 Å². The van der Waals surface area contributed by atoms with Crippen LogP contribution in [0.25, 0.3) is 0 Å². The number of esters is 1. The van der Waals surface area contributed by atoms with Crippen LogP contribution in [0, 0.1) is 5.82 Å². The lowest BCUT2D eigenvalue weighted by Gasteiger charge is -2.14. The highest BCUT2D eigenvalue weighted by atomic mass is 35.5. The Kier molecular flexibility index (Phi) is 6.23. The predicted octanol–water partition coefficient (Wildman–Crippen LogP) is 4.39. The van der Waals surface area contributed by atoms with E-state index in [1.807, 2.05) is 12.3 Å². The highest BCUT2D eigenvalue weighted by Crippen LogP contribution is 2.22. The number of nitrogens with one attached hydrogen (secondary N) is 1. The van der Waals surface area contributed by atoms with Gasteiger partial charge in [-0.05, 0) is 43.5 Å². The smallest absolute Gasteiger partial charge is 0.340 e. The van der Waals surface area contributed by atoms with Crippen LogP contribution in [0.15, 0.2) is 47.4 Å². The Balaban J connectivity index is 2.03. The van der Waals surface area contributed by atoms with Crippen molar-refractivity contribution in [2.45, 2.75) is 17.9 Å². The van der Waals surface area contributed by atoms with E-state index in [1.165, 1.54) is 30.8 Å². The third-order valence-electron chi connectivity index (χ3n) is 3.17. The summed E-state index contributed by atoms with van der Waals surface area (Å²) in [7, 11) is 0. The SMILES string of the molecule is CSc1ccccc1C(=O)O[C@@H](C)C(=O)Nc1ccc(F)c(Cl)c1. The van der Waals surface area contributed by atoms with E-state index < -0.39 is 23.8 Å². The van der Waals surface area contributed by atoms with Crippen molar-refractivity contribution >= 4 is 40.9 Å². The van der Waals surface area contributed by atoms with E-state index in [-0.39, 0.29) is 5.02 Å². The Bertz CT molecular complexity index is 769. The summed E-state index contributed by atoms with van der Waals surface area (Å²) in [4.78, 5) is 25.1. The molecule has 0 spiro atoms. The number of halogens is 2. The first-order valence-electron chi connectivity index (χ1n) is 7.02. The second-order valence-electron chi connectivity index (χ2n) is 4.87. The zero-order valence-corrected chi connectivity index (χ0v) is 14.6. The average Bonchev–Trinajstić information content (AvgIpc) is 2.57. The summed E-state index contributed by atoms with van der Waals surface area (Å²) < 4.78 is 18.3. The molecule has 1 N–H and O–H groups in total. The molecule has 0 radical (unpaired) electrons. The molecule has 0 aliphatic rings. The molecule has 0 aliphatic carbocycles. The summed E-state index contributed by atoms with van der Waals surface area (Å²) in [6.45, 7) is 1.46. The number of hydrogen-bond donors (Lipinski definition) is 1. The summed E-state index contributed by atoms with van der Waals surface area (Å²) in [5.74, 6) is -1.70. The molecule has 24 heavy (non-hydrogen) atoms. The molecule has 1 atom stereocenters. The number of hydrogen-bond acceptors (Lipinski definition) is 4. The van der Waals surface area contributed by atoms with E-state index >= 15 is 0 Å². The molecule has 0 aromatic heterocycles. The molecular weight excluding hydrogens is 353 g/mol. The van der Waals surface area contributed by atoms with Crippen LogP contribution >= 0.6 is 23.4 Å². The van der Waals surface area contributed by atoms with Crippen LogP contribution in [-0.4, -0.2) is 24.2 Å². The van der Waals surface area contributed by atoms with Crippen molar-refractivity contribution in [1.82, 2.24) is 0 Å². The molecule has 1 amide bonds. The molecule has 2 aromatic carbocycles. The van der Waals surface area contributed by atoms with Crippen molar-refractivity contribution < 1.29 is 18.7 Å². The van der Waals surface area contributed by atoms with Crippen molar-refractivity contribution in [2.75, 3.05) is 11.6 Å². The maximum atomic E-state index is 13.1. The number of carbonyl (C=O) groups is 2. The highest BCUT2D eigenvalue weighted by Gasteiger charge is 2.21. The number of carbonyl (C=O) groups excluding carboxylic acids is 2. The standard InChI is InChI=1S/C17H15ClFNO3S/c1-10(16(21)20-11-7-8-14(19)13(18)9-11)23-17(22)12-5-3-4-6-15(12)24-2/h3-10H,1-2H3,(H,20,21)/t10-/m0/s1. The Morgan fingerprint density at radius 1 is 1.25 bits per heavy atom. The van der Waals surface area contributed by atoms with E-state index in [2.05, 4.69) is 5.32 Å². The first kappa shape index (κ1) is 18.3. The zero-order valence-electron chi connectivity index (χ0n) is 13.0. The van der Waals surface area contributed by atoms with Crippen LogP contribution in [0.1, 0.15) is 17.3 Å². The topological polar surface area (TPSA) is 55.4 Å². The van der Waals surface area contributed by atoms with E-state index in [4.69, 9.17) is 16.3 Å². The Hall–Kier alpha value is -2.05. The van der Waals surface area contributed by atoms with Crippen LogP contribution in [0.2, 0.25) is 5.02 Å². The molecule has 0 fully saturated rings. The number of benzene rings is 2. The third-order valence-corrected chi connectivity index (χ3v) is 4.25. The number of thioether (sulfide) groups is 1. The maximum Gasteiger partial charge on any atom is 0.340 e. The van der Waals surface area contributed by atoms with Gasteiger partial charge >= 0.3 is 5.97 Å². The highest BCUT2D eigenvalue weighted by molar-refractivity contribution is 7.98.